The second-order valence-corrected chi connectivity index (χ2v) is 16.2. The van der Waals surface area contributed by atoms with Gasteiger partial charge in [-0.15, -0.1) is 0 Å². The molecular weight excluding hydrogens is 837 g/mol. The molecule has 2 atom stereocenters. The summed E-state index contributed by atoms with van der Waals surface area (Å²) in [4.78, 5) is 30.6. The molecule has 342 valence electrons. The van der Waals surface area contributed by atoms with E-state index in [-0.39, 0.29) is 24.7 Å². The van der Waals surface area contributed by atoms with E-state index in [1.807, 2.05) is 121 Å². The van der Waals surface area contributed by atoms with Crippen molar-refractivity contribution in [1.29, 1.82) is 0 Å². The second kappa shape index (κ2) is 21.1. The Morgan fingerprint density at radius 2 is 1.09 bits per heavy atom. The highest BCUT2D eigenvalue weighted by molar-refractivity contribution is 5.72. The van der Waals surface area contributed by atoms with Crippen molar-refractivity contribution in [2.45, 2.75) is 64.8 Å². The number of phenols is 1. The van der Waals surface area contributed by atoms with Crippen molar-refractivity contribution in [2.24, 2.45) is 0 Å². The molecule has 66 heavy (non-hydrogen) atoms. The maximum Gasteiger partial charge on any atom is 0.410 e. The van der Waals surface area contributed by atoms with E-state index in [2.05, 4.69) is 0 Å². The van der Waals surface area contributed by atoms with Crippen LogP contribution in [0.2, 0.25) is 0 Å². The molecule has 0 saturated carbocycles. The zero-order chi connectivity index (χ0) is 46.0. The number of benzene rings is 6. The number of carbonyl (C=O) groups is 2. The zero-order valence-corrected chi connectivity index (χ0v) is 37.9. The van der Waals surface area contributed by atoms with E-state index < -0.39 is 24.3 Å². The van der Waals surface area contributed by atoms with Gasteiger partial charge in [-0.1, -0.05) is 84.9 Å². The van der Waals surface area contributed by atoms with E-state index in [0.29, 0.717) is 74.8 Å². The highest BCUT2D eigenvalue weighted by atomic mass is 16.6. The zero-order valence-electron chi connectivity index (χ0n) is 37.9. The van der Waals surface area contributed by atoms with Crippen LogP contribution in [-0.2, 0) is 48.4 Å². The summed E-state index contributed by atoms with van der Waals surface area (Å²) in [6.07, 6.45) is 1.03. The molecule has 2 aliphatic rings. The molecule has 12 nitrogen and oxygen atoms in total. The largest absolute Gasteiger partial charge is 0.504 e. The van der Waals surface area contributed by atoms with Gasteiger partial charge in [-0.3, -0.25) is 0 Å². The number of rotatable bonds is 16. The Hall–Kier alpha value is -7.34. The number of amides is 2. The fourth-order valence-corrected chi connectivity index (χ4v) is 8.82. The molecule has 0 fully saturated rings. The molecule has 8 rings (SSSR count). The van der Waals surface area contributed by atoms with Gasteiger partial charge in [0.05, 0.1) is 39.5 Å². The number of phenolic OH excluding ortho intramolecular Hbond substituents is 1. The number of nitrogens with zero attached hydrogens (tertiary/aromatic N) is 2. The number of methoxy groups -OCH3 is 2. The maximum atomic E-state index is 13.6. The van der Waals surface area contributed by atoms with Gasteiger partial charge in [0.1, 0.15) is 24.7 Å². The standard InChI is InChI=1S/C54H56N2O10/c1-5-62-53(58)55-27-25-40-31-49(60-3)50(33-44(40)46(55)29-36-17-21-41(22-18-36)64-34-38-13-9-7-10-14-38)66-51-43-26-28-56(54(59)63-6-2)47(45(43)32-48(57)52(51)61-4)30-37-19-23-42(24-20-37)65-35-39-15-11-8-12-16-39/h7-24,31-33,46-47,57H,5-6,25-30,34-35H2,1-4H3/t46-,47-/m0/s1. The van der Waals surface area contributed by atoms with Gasteiger partial charge in [0.25, 0.3) is 0 Å². The minimum Gasteiger partial charge on any atom is -0.504 e. The number of aromatic hydroxyl groups is 1. The van der Waals surface area contributed by atoms with Crippen LogP contribution in [0, 0.1) is 0 Å². The van der Waals surface area contributed by atoms with Crippen LogP contribution in [0.15, 0.2) is 127 Å². The molecule has 6 aromatic carbocycles. The van der Waals surface area contributed by atoms with Crippen molar-refractivity contribution in [1.82, 2.24) is 9.80 Å². The van der Waals surface area contributed by atoms with Crippen LogP contribution in [0.3, 0.4) is 0 Å². The summed E-state index contributed by atoms with van der Waals surface area (Å²) in [5.41, 5.74) is 7.47. The summed E-state index contributed by atoms with van der Waals surface area (Å²) in [5, 5.41) is 11.7. The highest BCUT2D eigenvalue weighted by Crippen LogP contribution is 2.51. The Kier molecular flexibility index (Phi) is 14.5. The summed E-state index contributed by atoms with van der Waals surface area (Å²) < 4.78 is 42.0. The number of ether oxygens (including phenoxy) is 7. The topological polar surface area (TPSA) is 125 Å². The van der Waals surface area contributed by atoms with E-state index in [0.717, 1.165) is 50.4 Å². The van der Waals surface area contributed by atoms with Gasteiger partial charge in [-0.2, -0.15) is 0 Å². The van der Waals surface area contributed by atoms with Crippen molar-refractivity contribution in [3.05, 3.63) is 172 Å². The van der Waals surface area contributed by atoms with Crippen LogP contribution in [0.1, 0.15) is 70.4 Å². The van der Waals surface area contributed by atoms with Gasteiger partial charge in [-0.05, 0) is 121 Å². The summed E-state index contributed by atoms with van der Waals surface area (Å²) in [5.74, 6) is 2.63. The Morgan fingerprint density at radius 1 is 0.576 bits per heavy atom. The fraction of sp³-hybridized carbons (Fsp3) is 0.296. The SMILES string of the molecule is CCOC(=O)N1CCc2cc(OC)c(Oc3c4c(cc(O)c3OC)[C@H](Cc3ccc(OCc5ccccc5)cc3)N(C(=O)OCC)CC4)cc2[C@@H]1Cc1ccc(OCc2ccccc2)cc1. The summed E-state index contributed by atoms with van der Waals surface area (Å²) in [7, 11) is 3.07. The molecule has 6 aromatic rings. The first-order valence-corrected chi connectivity index (χ1v) is 22.5. The minimum atomic E-state index is -0.522. The Balaban J connectivity index is 1.11. The first kappa shape index (κ1) is 45.2. The molecule has 0 unspecified atom stereocenters. The average Bonchev–Trinajstić information content (AvgIpc) is 3.34. The molecule has 0 spiro atoms. The van der Waals surface area contributed by atoms with Crippen molar-refractivity contribution >= 4 is 12.2 Å². The fourth-order valence-electron chi connectivity index (χ4n) is 8.82. The first-order valence-electron chi connectivity index (χ1n) is 22.5. The lowest BCUT2D eigenvalue weighted by Gasteiger charge is -2.38. The predicted molar refractivity (Wildman–Crippen MR) is 250 cm³/mol. The third-order valence-corrected chi connectivity index (χ3v) is 12.1. The second-order valence-electron chi connectivity index (χ2n) is 16.2. The molecule has 12 heteroatoms. The first-order chi connectivity index (χ1) is 32.3. The lowest BCUT2D eigenvalue weighted by Crippen LogP contribution is -2.41. The van der Waals surface area contributed by atoms with Crippen molar-refractivity contribution in [2.75, 3.05) is 40.5 Å². The van der Waals surface area contributed by atoms with Gasteiger partial charge < -0.3 is 48.1 Å². The van der Waals surface area contributed by atoms with E-state index in [1.54, 1.807) is 36.8 Å². The van der Waals surface area contributed by atoms with E-state index in [1.165, 1.54) is 7.11 Å². The van der Waals surface area contributed by atoms with Gasteiger partial charge in [0.2, 0.25) is 5.75 Å². The molecule has 2 amide bonds. The van der Waals surface area contributed by atoms with Gasteiger partial charge in [0, 0.05) is 18.7 Å². The Bertz CT molecular complexity index is 2590. The van der Waals surface area contributed by atoms with Crippen LogP contribution >= 0.6 is 0 Å². The lowest BCUT2D eigenvalue weighted by atomic mass is 9.87. The molecule has 0 aliphatic carbocycles. The monoisotopic (exact) mass is 892 g/mol. The highest BCUT2D eigenvalue weighted by Gasteiger charge is 2.38. The summed E-state index contributed by atoms with van der Waals surface area (Å²) >= 11 is 0. The third kappa shape index (κ3) is 10.3. The predicted octanol–water partition coefficient (Wildman–Crippen LogP) is 11.0. The normalized spacial score (nSPS) is 15.2. The number of carbonyl (C=O) groups excluding carboxylic acids is 2. The van der Waals surface area contributed by atoms with Crippen molar-refractivity contribution in [3.63, 3.8) is 0 Å². The Morgan fingerprint density at radius 3 is 1.59 bits per heavy atom. The van der Waals surface area contributed by atoms with Crippen molar-refractivity contribution < 1.29 is 47.9 Å². The molecule has 2 aliphatic heterocycles. The van der Waals surface area contributed by atoms with Crippen molar-refractivity contribution in [3.8, 4) is 40.2 Å². The lowest BCUT2D eigenvalue weighted by molar-refractivity contribution is 0.0856. The maximum absolute atomic E-state index is 13.6. The number of fused-ring (bicyclic) bond motifs is 2. The number of hydrogen-bond donors (Lipinski definition) is 1. The number of hydrogen-bond acceptors (Lipinski definition) is 10. The van der Waals surface area contributed by atoms with Crippen LogP contribution < -0.4 is 23.7 Å². The average molecular weight is 893 g/mol. The molecular formula is C54H56N2O10. The van der Waals surface area contributed by atoms with Gasteiger partial charge >= 0.3 is 12.2 Å². The molecule has 0 radical (unpaired) electrons. The van der Waals surface area contributed by atoms with Crippen LogP contribution in [0.25, 0.3) is 0 Å². The Labute approximate surface area is 386 Å². The van der Waals surface area contributed by atoms with Crippen LogP contribution in [0.4, 0.5) is 9.59 Å². The minimum absolute atomic E-state index is 0.147. The van der Waals surface area contributed by atoms with E-state index >= 15 is 0 Å². The smallest absolute Gasteiger partial charge is 0.410 e. The molecule has 2 heterocycles. The molecule has 0 bridgehead atoms. The van der Waals surface area contributed by atoms with Gasteiger partial charge in [0.15, 0.2) is 23.0 Å². The quantitative estimate of drug-likeness (QED) is 0.100. The van der Waals surface area contributed by atoms with E-state index in [9.17, 15) is 14.7 Å². The molecule has 0 saturated heterocycles. The summed E-state index contributed by atoms with van der Waals surface area (Å²) in [6.45, 7) is 5.71. The molecule has 0 aromatic heterocycles. The summed E-state index contributed by atoms with van der Waals surface area (Å²) in [6, 6.07) is 40.3. The van der Waals surface area contributed by atoms with Crippen LogP contribution in [0.5, 0.6) is 40.2 Å². The van der Waals surface area contributed by atoms with Gasteiger partial charge in [-0.25, -0.2) is 9.59 Å². The third-order valence-electron chi connectivity index (χ3n) is 12.1. The molecule has 1 N–H and O–H groups in total. The van der Waals surface area contributed by atoms with Crippen LogP contribution in [-0.4, -0.2) is 67.6 Å². The van der Waals surface area contributed by atoms with E-state index in [4.69, 9.17) is 33.2 Å².